The van der Waals surface area contributed by atoms with Crippen LogP contribution in [0.25, 0.3) is 0 Å². The van der Waals surface area contributed by atoms with E-state index in [0.29, 0.717) is 6.04 Å². The summed E-state index contributed by atoms with van der Waals surface area (Å²) in [5.41, 5.74) is 2.38. The lowest BCUT2D eigenvalue weighted by molar-refractivity contribution is 0.0250. The van der Waals surface area contributed by atoms with Crippen molar-refractivity contribution in [3.63, 3.8) is 0 Å². The number of likely N-dealkylation sites (tertiary alicyclic amines) is 1. The van der Waals surface area contributed by atoms with Gasteiger partial charge in [-0.3, -0.25) is 9.88 Å². The molecule has 2 atom stereocenters. The number of pyridine rings is 1. The summed E-state index contributed by atoms with van der Waals surface area (Å²) in [5, 5.41) is 3.34. The van der Waals surface area contributed by atoms with Crippen LogP contribution in [0.3, 0.4) is 0 Å². The van der Waals surface area contributed by atoms with Crippen molar-refractivity contribution >= 4 is 0 Å². The summed E-state index contributed by atoms with van der Waals surface area (Å²) in [5.74, 6) is 0. The van der Waals surface area contributed by atoms with Crippen molar-refractivity contribution in [1.82, 2.24) is 15.2 Å². The van der Waals surface area contributed by atoms with Gasteiger partial charge in [-0.2, -0.15) is 0 Å². The highest BCUT2D eigenvalue weighted by atomic mass is 16.5. The largest absolute Gasteiger partial charge is 0.369 e. The Bertz CT molecular complexity index is 387. The number of rotatable bonds is 2. The highest BCUT2D eigenvalue weighted by Crippen LogP contribution is 2.30. The summed E-state index contributed by atoms with van der Waals surface area (Å²) >= 11 is 0. The quantitative estimate of drug-likeness (QED) is 0.859. The zero-order chi connectivity index (χ0) is 12.4. The summed E-state index contributed by atoms with van der Waals surface area (Å²) < 4.78 is 5.72. The molecular formula is C14H21N3O. The van der Waals surface area contributed by atoms with E-state index < -0.39 is 0 Å². The van der Waals surface area contributed by atoms with Crippen LogP contribution in [0.15, 0.2) is 18.3 Å². The van der Waals surface area contributed by atoms with Crippen LogP contribution in [0.5, 0.6) is 0 Å². The first-order valence-corrected chi connectivity index (χ1v) is 6.83. The molecule has 4 heteroatoms. The van der Waals surface area contributed by atoms with Crippen LogP contribution in [-0.4, -0.2) is 43.2 Å². The fourth-order valence-electron chi connectivity index (χ4n) is 2.89. The second-order valence-corrected chi connectivity index (χ2v) is 5.22. The van der Waals surface area contributed by atoms with E-state index in [2.05, 4.69) is 34.4 Å². The monoisotopic (exact) mass is 247 g/mol. The third-order valence-corrected chi connectivity index (χ3v) is 3.97. The molecule has 0 aliphatic carbocycles. The molecule has 2 saturated heterocycles. The van der Waals surface area contributed by atoms with Crippen LogP contribution in [-0.2, 0) is 4.74 Å². The van der Waals surface area contributed by atoms with E-state index in [0.717, 1.165) is 25.4 Å². The van der Waals surface area contributed by atoms with Crippen LogP contribution in [0.4, 0.5) is 0 Å². The molecule has 2 unspecified atom stereocenters. The SMILES string of the molecule is CN1CCCC1c1ccc(C2CNCCO2)nc1. The Morgan fingerprint density at radius 2 is 2.39 bits per heavy atom. The van der Waals surface area contributed by atoms with Crippen molar-refractivity contribution in [1.29, 1.82) is 0 Å². The first kappa shape index (κ1) is 12.1. The van der Waals surface area contributed by atoms with E-state index in [4.69, 9.17) is 4.74 Å². The van der Waals surface area contributed by atoms with Crippen LogP contribution < -0.4 is 5.32 Å². The van der Waals surface area contributed by atoms with Crippen molar-refractivity contribution in [2.24, 2.45) is 0 Å². The normalized spacial score (nSPS) is 29.6. The van der Waals surface area contributed by atoms with Crippen molar-refractivity contribution in [3.8, 4) is 0 Å². The molecule has 1 aromatic heterocycles. The summed E-state index contributed by atoms with van der Waals surface area (Å²) in [6.45, 7) is 3.79. The molecule has 0 aromatic carbocycles. The number of nitrogens with one attached hydrogen (secondary N) is 1. The number of nitrogens with zero attached hydrogens (tertiary/aromatic N) is 2. The maximum atomic E-state index is 5.72. The fraction of sp³-hybridized carbons (Fsp3) is 0.643. The molecular weight excluding hydrogens is 226 g/mol. The Hall–Kier alpha value is -0.970. The number of hydrogen-bond acceptors (Lipinski definition) is 4. The Morgan fingerprint density at radius 3 is 3.00 bits per heavy atom. The lowest BCUT2D eigenvalue weighted by Gasteiger charge is -2.24. The molecule has 0 radical (unpaired) electrons. The standard InChI is InChI=1S/C14H21N3O/c1-17-7-2-3-13(17)11-4-5-12(16-9-11)14-10-15-6-8-18-14/h4-5,9,13-15H,2-3,6-8,10H2,1H3. The van der Waals surface area contributed by atoms with E-state index in [1.165, 1.54) is 24.9 Å². The van der Waals surface area contributed by atoms with Gasteiger partial charge in [0.2, 0.25) is 0 Å². The first-order chi connectivity index (χ1) is 8.84. The summed E-state index contributed by atoms with van der Waals surface area (Å²) in [6.07, 6.45) is 4.69. The molecule has 2 fully saturated rings. The lowest BCUT2D eigenvalue weighted by Crippen LogP contribution is -2.33. The molecule has 0 bridgehead atoms. The van der Waals surface area contributed by atoms with Gasteiger partial charge in [0, 0.05) is 25.3 Å². The van der Waals surface area contributed by atoms with Crippen molar-refractivity contribution < 1.29 is 4.74 Å². The van der Waals surface area contributed by atoms with Gasteiger partial charge in [0.05, 0.1) is 12.3 Å². The third-order valence-electron chi connectivity index (χ3n) is 3.97. The minimum atomic E-state index is 0.120. The van der Waals surface area contributed by atoms with E-state index in [-0.39, 0.29) is 6.10 Å². The van der Waals surface area contributed by atoms with Gasteiger partial charge in [0.25, 0.3) is 0 Å². The van der Waals surface area contributed by atoms with Crippen LogP contribution in [0.1, 0.15) is 36.2 Å². The fourth-order valence-corrected chi connectivity index (χ4v) is 2.89. The summed E-state index contributed by atoms with van der Waals surface area (Å²) in [6, 6.07) is 4.89. The van der Waals surface area contributed by atoms with Crippen LogP contribution in [0.2, 0.25) is 0 Å². The highest BCUT2D eigenvalue weighted by Gasteiger charge is 2.23. The molecule has 4 nitrogen and oxygen atoms in total. The van der Waals surface area contributed by atoms with Gasteiger partial charge in [-0.15, -0.1) is 0 Å². The highest BCUT2D eigenvalue weighted by molar-refractivity contribution is 5.20. The molecule has 3 heterocycles. The Morgan fingerprint density at radius 1 is 1.44 bits per heavy atom. The van der Waals surface area contributed by atoms with E-state index >= 15 is 0 Å². The number of aromatic nitrogens is 1. The van der Waals surface area contributed by atoms with Gasteiger partial charge in [-0.1, -0.05) is 6.07 Å². The van der Waals surface area contributed by atoms with Crippen molar-refractivity contribution in [2.75, 3.05) is 33.3 Å². The number of morpholine rings is 1. The number of hydrogen-bond donors (Lipinski definition) is 1. The minimum absolute atomic E-state index is 0.120. The second kappa shape index (κ2) is 5.34. The van der Waals surface area contributed by atoms with Crippen molar-refractivity contribution in [2.45, 2.75) is 25.0 Å². The van der Waals surface area contributed by atoms with Gasteiger partial charge in [0.15, 0.2) is 0 Å². The van der Waals surface area contributed by atoms with Crippen LogP contribution >= 0.6 is 0 Å². The van der Waals surface area contributed by atoms with E-state index in [1.54, 1.807) is 0 Å². The zero-order valence-electron chi connectivity index (χ0n) is 10.9. The van der Waals surface area contributed by atoms with Crippen molar-refractivity contribution in [3.05, 3.63) is 29.6 Å². The topological polar surface area (TPSA) is 37.4 Å². The van der Waals surface area contributed by atoms with Gasteiger partial charge in [0.1, 0.15) is 6.10 Å². The molecule has 0 saturated carbocycles. The molecule has 0 spiro atoms. The molecule has 2 aliphatic heterocycles. The molecule has 18 heavy (non-hydrogen) atoms. The zero-order valence-corrected chi connectivity index (χ0v) is 10.9. The third kappa shape index (κ3) is 2.41. The van der Waals surface area contributed by atoms with Crippen LogP contribution in [0, 0.1) is 0 Å². The molecule has 1 N–H and O–H groups in total. The maximum Gasteiger partial charge on any atom is 0.112 e. The average molecular weight is 247 g/mol. The summed E-state index contributed by atoms with van der Waals surface area (Å²) in [7, 11) is 2.19. The predicted octanol–water partition coefficient (Wildman–Crippen LogP) is 1.51. The minimum Gasteiger partial charge on any atom is -0.369 e. The smallest absolute Gasteiger partial charge is 0.112 e. The maximum absolute atomic E-state index is 5.72. The molecule has 2 aliphatic rings. The second-order valence-electron chi connectivity index (χ2n) is 5.22. The van der Waals surface area contributed by atoms with Gasteiger partial charge >= 0.3 is 0 Å². The van der Waals surface area contributed by atoms with Gasteiger partial charge in [-0.05, 0) is 38.1 Å². The molecule has 3 rings (SSSR count). The average Bonchev–Trinajstić information content (AvgIpc) is 2.86. The van der Waals surface area contributed by atoms with E-state index in [1.807, 2.05) is 6.20 Å². The number of ether oxygens (including phenoxy) is 1. The Balaban J connectivity index is 1.72. The van der Waals surface area contributed by atoms with E-state index in [9.17, 15) is 0 Å². The molecule has 0 amide bonds. The lowest BCUT2D eigenvalue weighted by atomic mass is 10.1. The Kier molecular flexibility index (Phi) is 3.59. The van der Waals surface area contributed by atoms with Gasteiger partial charge < -0.3 is 10.1 Å². The Labute approximate surface area is 108 Å². The first-order valence-electron chi connectivity index (χ1n) is 6.83. The molecule has 1 aromatic rings. The predicted molar refractivity (Wildman–Crippen MR) is 70.4 cm³/mol. The summed E-state index contributed by atoms with van der Waals surface area (Å²) in [4.78, 5) is 7.00. The molecule has 98 valence electrons. The van der Waals surface area contributed by atoms with Gasteiger partial charge in [-0.25, -0.2) is 0 Å².